The number of hydrogen-bond acceptors (Lipinski definition) is 2. The molecular formula is C14H20N2. The lowest BCUT2D eigenvalue weighted by Gasteiger charge is -2.18. The van der Waals surface area contributed by atoms with Crippen LogP contribution in [0.25, 0.3) is 0 Å². The summed E-state index contributed by atoms with van der Waals surface area (Å²) in [6.07, 6.45) is 2.97. The van der Waals surface area contributed by atoms with Crippen molar-refractivity contribution >= 4 is 17.6 Å². The van der Waals surface area contributed by atoms with E-state index in [0.29, 0.717) is 12.0 Å². The van der Waals surface area contributed by atoms with E-state index in [4.69, 9.17) is 0 Å². The molecule has 0 radical (unpaired) electrons. The first-order chi connectivity index (χ1) is 7.58. The van der Waals surface area contributed by atoms with Crippen molar-refractivity contribution < 1.29 is 0 Å². The quantitative estimate of drug-likeness (QED) is 0.814. The fourth-order valence-corrected chi connectivity index (χ4v) is 2.09. The van der Waals surface area contributed by atoms with Gasteiger partial charge in [0.25, 0.3) is 0 Å². The summed E-state index contributed by atoms with van der Waals surface area (Å²) in [5, 5.41) is 3.53. The monoisotopic (exact) mass is 216 g/mol. The number of nitrogens with zero attached hydrogens (tertiary/aromatic N) is 1. The molecule has 0 fully saturated rings. The Morgan fingerprint density at radius 2 is 1.94 bits per heavy atom. The maximum atomic E-state index is 4.41. The van der Waals surface area contributed by atoms with Crippen LogP contribution in [0.3, 0.4) is 0 Å². The van der Waals surface area contributed by atoms with E-state index in [9.17, 15) is 0 Å². The first-order valence-electron chi connectivity index (χ1n) is 6.04. The lowest BCUT2D eigenvalue weighted by atomic mass is 9.97. The first kappa shape index (κ1) is 11.2. The number of anilines is 1. The van der Waals surface area contributed by atoms with Gasteiger partial charge in [-0.15, -0.1) is 0 Å². The van der Waals surface area contributed by atoms with Crippen LogP contribution in [0.15, 0.2) is 17.1 Å². The molecule has 0 aliphatic carbocycles. The van der Waals surface area contributed by atoms with Gasteiger partial charge in [-0.05, 0) is 43.0 Å². The second kappa shape index (κ2) is 4.28. The number of benzene rings is 1. The summed E-state index contributed by atoms with van der Waals surface area (Å²) >= 11 is 0. The van der Waals surface area contributed by atoms with Crippen molar-refractivity contribution in [2.75, 3.05) is 5.32 Å². The first-order valence-corrected chi connectivity index (χ1v) is 6.04. The van der Waals surface area contributed by atoms with Gasteiger partial charge in [0.15, 0.2) is 0 Å². The highest BCUT2D eigenvalue weighted by molar-refractivity contribution is 5.78. The van der Waals surface area contributed by atoms with Crippen molar-refractivity contribution in [1.29, 1.82) is 0 Å². The van der Waals surface area contributed by atoms with E-state index < -0.39 is 0 Å². The summed E-state index contributed by atoms with van der Waals surface area (Å²) in [6, 6.07) is 4.96. The van der Waals surface area contributed by atoms with Gasteiger partial charge in [0, 0.05) is 24.4 Å². The average molecular weight is 216 g/mol. The molecule has 1 aromatic rings. The molecule has 0 aromatic heterocycles. The molecule has 16 heavy (non-hydrogen) atoms. The van der Waals surface area contributed by atoms with Crippen LogP contribution in [0.1, 0.15) is 44.7 Å². The van der Waals surface area contributed by atoms with Gasteiger partial charge in [0.1, 0.15) is 0 Å². The zero-order valence-electron chi connectivity index (χ0n) is 10.5. The van der Waals surface area contributed by atoms with Gasteiger partial charge >= 0.3 is 0 Å². The predicted molar refractivity (Wildman–Crippen MR) is 71.1 cm³/mol. The summed E-state index contributed by atoms with van der Waals surface area (Å²) in [7, 11) is 0. The zero-order chi connectivity index (χ0) is 11.7. The molecule has 0 amide bonds. The fourth-order valence-electron chi connectivity index (χ4n) is 2.09. The zero-order valence-corrected chi connectivity index (χ0v) is 10.5. The van der Waals surface area contributed by atoms with Gasteiger partial charge in [-0.1, -0.05) is 13.8 Å². The van der Waals surface area contributed by atoms with Gasteiger partial charge in [-0.3, -0.25) is 4.99 Å². The molecule has 0 bridgehead atoms. The SMILES string of the molecule is CC(C)Nc1cc2c(cc1C(C)C)N=CC2. The molecule has 1 heterocycles. The molecule has 0 unspecified atom stereocenters. The third-order valence-electron chi connectivity index (χ3n) is 2.86. The van der Waals surface area contributed by atoms with Crippen LogP contribution in [0.5, 0.6) is 0 Å². The Labute approximate surface area is 97.8 Å². The molecule has 0 saturated heterocycles. The fraction of sp³-hybridized carbons (Fsp3) is 0.500. The van der Waals surface area contributed by atoms with Gasteiger partial charge in [0.2, 0.25) is 0 Å². The molecule has 2 heteroatoms. The van der Waals surface area contributed by atoms with Crippen molar-refractivity contribution in [2.45, 2.75) is 46.1 Å². The van der Waals surface area contributed by atoms with Crippen LogP contribution in [-0.2, 0) is 6.42 Å². The Morgan fingerprint density at radius 1 is 1.19 bits per heavy atom. The van der Waals surface area contributed by atoms with E-state index in [-0.39, 0.29) is 0 Å². The van der Waals surface area contributed by atoms with Crippen LogP contribution in [0.4, 0.5) is 11.4 Å². The van der Waals surface area contributed by atoms with Crippen molar-refractivity contribution in [3.05, 3.63) is 23.3 Å². The molecule has 1 N–H and O–H groups in total. The molecule has 1 aliphatic heterocycles. The highest BCUT2D eigenvalue weighted by Crippen LogP contribution is 2.34. The molecule has 2 rings (SSSR count). The third-order valence-corrected chi connectivity index (χ3v) is 2.86. The van der Waals surface area contributed by atoms with Crippen LogP contribution in [-0.4, -0.2) is 12.3 Å². The topological polar surface area (TPSA) is 24.4 Å². The third kappa shape index (κ3) is 2.11. The molecule has 1 aliphatic rings. The number of rotatable bonds is 3. The minimum atomic E-state index is 0.470. The molecule has 1 aromatic carbocycles. The molecule has 0 saturated carbocycles. The minimum Gasteiger partial charge on any atom is -0.383 e. The number of aliphatic imine (C=N–C) groups is 1. The Balaban J connectivity index is 2.43. The summed E-state index contributed by atoms with van der Waals surface area (Å²) in [4.78, 5) is 4.41. The number of fused-ring (bicyclic) bond motifs is 1. The summed E-state index contributed by atoms with van der Waals surface area (Å²) in [5.74, 6) is 0.530. The van der Waals surface area contributed by atoms with E-state index in [1.165, 1.54) is 16.8 Å². The Hall–Kier alpha value is -1.31. The van der Waals surface area contributed by atoms with Crippen molar-refractivity contribution in [1.82, 2.24) is 0 Å². The smallest absolute Gasteiger partial charge is 0.0665 e. The number of nitrogens with one attached hydrogen (secondary N) is 1. The Bertz CT molecular complexity index is 417. The molecule has 2 nitrogen and oxygen atoms in total. The number of hydrogen-bond donors (Lipinski definition) is 1. The van der Waals surface area contributed by atoms with E-state index in [1.807, 2.05) is 6.21 Å². The highest BCUT2D eigenvalue weighted by Gasteiger charge is 2.14. The van der Waals surface area contributed by atoms with Gasteiger partial charge in [-0.2, -0.15) is 0 Å². The summed E-state index contributed by atoms with van der Waals surface area (Å²) in [5.41, 5.74) is 5.13. The molecular weight excluding hydrogens is 196 g/mol. The normalized spacial score (nSPS) is 13.6. The van der Waals surface area contributed by atoms with Crippen molar-refractivity contribution in [3.63, 3.8) is 0 Å². The van der Waals surface area contributed by atoms with Gasteiger partial charge < -0.3 is 5.32 Å². The lowest BCUT2D eigenvalue weighted by molar-refractivity contribution is 0.846. The standard InChI is InChI=1S/C14H20N2/c1-9(2)12-8-13-11(5-6-15-13)7-14(12)16-10(3)4/h6-10,16H,5H2,1-4H3. The Kier molecular flexibility index (Phi) is 2.99. The highest BCUT2D eigenvalue weighted by atomic mass is 14.9. The second-order valence-corrected chi connectivity index (χ2v) is 5.04. The predicted octanol–water partition coefficient (Wildman–Crippen LogP) is 3.89. The largest absolute Gasteiger partial charge is 0.383 e. The summed E-state index contributed by atoms with van der Waals surface area (Å²) in [6.45, 7) is 8.81. The van der Waals surface area contributed by atoms with E-state index in [0.717, 1.165) is 12.1 Å². The van der Waals surface area contributed by atoms with Crippen LogP contribution in [0.2, 0.25) is 0 Å². The maximum absolute atomic E-state index is 4.41. The second-order valence-electron chi connectivity index (χ2n) is 5.04. The van der Waals surface area contributed by atoms with E-state index in [1.54, 1.807) is 0 Å². The Morgan fingerprint density at radius 3 is 2.56 bits per heavy atom. The van der Waals surface area contributed by atoms with E-state index in [2.05, 4.69) is 50.1 Å². The molecule has 0 spiro atoms. The van der Waals surface area contributed by atoms with Gasteiger partial charge in [-0.25, -0.2) is 0 Å². The van der Waals surface area contributed by atoms with Crippen molar-refractivity contribution in [3.8, 4) is 0 Å². The van der Waals surface area contributed by atoms with Crippen molar-refractivity contribution in [2.24, 2.45) is 4.99 Å². The van der Waals surface area contributed by atoms with Crippen LogP contribution < -0.4 is 5.32 Å². The average Bonchev–Trinajstić information content (AvgIpc) is 2.62. The lowest BCUT2D eigenvalue weighted by Crippen LogP contribution is -2.12. The van der Waals surface area contributed by atoms with Crippen LogP contribution in [0, 0.1) is 0 Å². The van der Waals surface area contributed by atoms with Crippen LogP contribution >= 0.6 is 0 Å². The van der Waals surface area contributed by atoms with E-state index >= 15 is 0 Å². The van der Waals surface area contributed by atoms with Gasteiger partial charge in [0.05, 0.1) is 5.69 Å². The molecule has 86 valence electrons. The molecule has 0 atom stereocenters. The summed E-state index contributed by atoms with van der Waals surface area (Å²) < 4.78 is 0. The minimum absolute atomic E-state index is 0.470. The maximum Gasteiger partial charge on any atom is 0.0665 e.